The van der Waals surface area contributed by atoms with Crippen molar-refractivity contribution >= 4 is 15.9 Å². The maximum Gasteiger partial charge on any atom is 0.124 e. The summed E-state index contributed by atoms with van der Waals surface area (Å²) in [6.07, 6.45) is 1.83. The zero-order chi connectivity index (χ0) is 13.8. The van der Waals surface area contributed by atoms with Crippen LogP contribution in [0.15, 0.2) is 34.9 Å². The van der Waals surface area contributed by atoms with Crippen molar-refractivity contribution in [3.05, 3.63) is 46.2 Å². The molecule has 0 aliphatic rings. The highest BCUT2D eigenvalue weighted by Gasteiger charge is 2.22. The lowest BCUT2D eigenvalue weighted by Crippen LogP contribution is -2.22. The highest BCUT2D eigenvalue weighted by atomic mass is 79.9. The summed E-state index contributed by atoms with van der Waals surface area (Å²) in [6, 6.07) is 8.07. The third kappa shape index (κ3) is 2.67. The molecule has 2 rings (SSSR count). The molecule has 0 saturated carbocycles. The van der Waals surface area contributed by atoms with E-state index < -0.39 is 0 Å². The summed E-state index contributed by atoms with van der Waals surface area (Å²) in [5.41, 5.74) is 2.21. The summed E-state index contributed by atoms with van der Waals surface area (Å²) in [7, 11) is 3.63. The van der Waals surface area contributed by atoms with Crippen LogP contribution in [0.4, 0.5) is 0 Å². The highest BCUT2D eigenvalue weighted by molar-refractivity contribution is 9.10. The van der Waals surface area contributed by atoms with E-state index in [4.69, 9.17) is 4.74 Å². The molecule has 2 aromatic rings. The number of nitrogens with one attached hydrogen (secondary N) is 1. The van der Waals surface area contributed by atoms with Crippen LogP contribution in [-0.2, 0) is 6.54 Å². The zero-order valence-corrected chi connectivity index (χ0v) is 12.9. The minimum absolute atomic E-state index is 0.0352. The fourth-order valence-corrected chi connectivity index (χ4v) is 2.78. The average Bonchev–Trinajstić information content (AvgIpc) is 2.82. The predicted octanol–water partition coefficient (Wildman–Crippen LogP) is 2.98. The van der Waals surface area contributed by atoms with Gasteiger partial charge in [-0.25, -0.2) is 0 Å². The maximum absolute atomic E-state index is 5.45. The number of halogens is 1. The molecule has 0 aliphatic heterocycles. The van der Waals surface area contributed by atoms with E-state index in [0.717, 1.165) is 28.0 Å². The molecule has 1 aromatic carbocycles. The Bertz CT molecular complexity index is 553. The molecule has 102 valence electrons. The van der Waals surface area contributed by atoms with Crippen molar-refractivity contribution in [2.45, 2.75) is 19.5 Å². The molecule has 0 aliphatic carbocycles. The number of ether oxygens (including phenoxy) is 1. The van der Waals surface area contributed by atoms with Gasteiger partial charge >= 0.3 is 0 Å². The first kappa shape index (κ1) is 14.1. The van der Waals surface area contributed by atoms with Gasteiger partial charge in [0.05, 0.1) is 29.5 Å². The van der Waals surface area contributed by atoms with Crippen LogP contribution in [0, 0.1) is 0 Å². The first-order valence-electron chi connectivity index (χ1n) is 6.24. The standard InChI is InChI=1S/C14H18BrN3O/c1-4-18-14(11(15)9-17-18)13(16-2)10-7-5-6-8-12(10)19-3/h5-9,13,16H,4H2,1-3H3. The number of nitrogens with zero attached hydrogens (tertiary/aromatic N) is 2. The zero-order valence-electron chi connectivity index (χ0n) is 11.4. The Balaban J connectivity index is 2.53. The van der Waals surface area contributed by atoms with Crippen molar-refractivity contribution in [1.82, 2.24) is 15.1 Å². The lowest BCUT2D eigenvalue weighted by Gasteiger charge is -2.21. The smallest absolute Gasteiger partial charge is 0.124 e. The molecular weight excluding hydrogens is 306 g/mol. The van der Waals surface area contributed by atoms with Crippen molar-refractivity contribution in [1.29, 1.82) is 0 Å². The quantitative estimate of drug-likeness (QED) is 0.919. The molecule has 0 bridgehead atoms. The number of aromatic nitrogens is 2. The molecule has 19 heavy (non-hydrogen) atoms. The Morgan fingerprint density at radius 2 is 2.16 bits per heavy atom. The van der Waals surface area contributed by atoms with E-state index in [2.05, 4.69) is 39.3 Å². The summed E-state index contributed by atoms with van der Waals surface area (Å²) in [4.78, 5) is 0. The van der Waals surface area contributed by atoms with Gasteiger partial charge in [0.2, 0.25) is 0 Å². The molecule has 1 N–H and O–H groups in total. The van der Waals surface area contributed by atoms with Crippen LogP contribution in [0.2, 0.25) is 0 Å². The minimum Gasteiger partial charge on any atom is -0.496 e. The van der Waals surface area contributed by atoms with Crippen LogP contribution in [-0.4, -0.2) is 23.9 Å². The van der Waals surface area contributed by atoms with Crippen LogP contribution < -0.4 is 10.1 Å². The lowest BCUT2D eigenvalue weighted by molar-refractivity contribution is 0.403. The normalized spacial score (nSPS) is 12.4. The second-order valence-electron chi connectivity index (χ2n) is 4.16. The molecule has 0 radical (unpaired) electrons. The number of aryl methyl sites for hydroxylation is 1. The van der Waals surface area contributed by atoms with Crippen LogP contribution in [0.3, 0.4) is 0 Å². The van der Waals surface area contributed by atoms with Gasteiger partial charge in [-0.3, -0.25) is 4.68 Å². The first-order valence-corrected chi connectivity index (χ1v) is 7.03. The monoisotopic (exact) mass is 323 g/mol. The van der Waals surface area contributed by atoms with E-state index in [1.54, 1.807) is 7.11 Å². The molecule has 4 nitrogen and oxygen atoms in total. The summed E-state index contributed by atoms with van der Waals surface area (Å²) in [6.45, 7) is 2.91. The molecule has 0 saturated heterocycles. The molecule has 0 amide bonds. The number of hydrogen-bond donors (Lipinski definition) is 1. The molecule has 1 heterocycles. The average molecular weight is 324 g/mol. The van der Waals surface area contributed by atoms with Gasteiger partial charge in [-0.05, 0) is 36.0 Å². The summed E-state index contributed by atoms with van der Waals surface area (Å²) in [5.74, 6) is 0.873. The predicted molar refractivity (Wildman–Crippen MR) is 79.5 cm³/mol. The van der Waals surface area contributed by atoms with E-state index in [-0.39, 0.29) is 6.04 Å². The number of benzene rings is 1. The Kier molecular flexibility index (Phi) is 4.61. The van der Waals surface area contributed by atoms with Gasteiger partial charge in [0, 0.05) is 12.1 Å². The fraction of sp³-hybridized carbons (Fsp3) is 0.357. The fourth-order valence-electron chi connectivity index (χ4n) is 2.26. The summed E-state index contributed by atoms with van der Waals surface area (Å²) < 4.78 is 8.44. The molecule has 1 unspecified atom stereocenters. The Morgan fingerprint density at radius 3 is 2.79 bits per heavy atom. The van der Waals surface area contributed by atoms with Crippen LogP contribution in [0.25, 0.3) is 0 Å². The second-order valence-corrected chi connectivity index (χ2v) is 5.01. The van der Waals surface area contributed by atoms with Crippen molar-refractivity contribution in [2.24, 2.45) is 0 Å². The van der Waals surface area contributed by atoms with Crippen LogP contribution in [0.1, 0.15) is 24.2 Å². The van der Waals surface area contributed by atoms with Gasteiger partial charge in [0.1, 0.15) is 5.75 Å². The molecule has 1 aromatic heterocycles. The van der Waals surface area contributed by atoms with Gasteiger partial charge in [-0.1, -0.05) is 18.2 Å². The Labute approximate surface area is 121 Å². The van der Waals surface area contributed by atoms with Crippen molar-refractivity contribution < 1.29 is 4.74 Å². The number of rotatable bonds is 5. The minimum atomic E-state index is 0.0352. The molecular formula is C14H18BrN3O. The maximum atomic E-state index is 5.45. The van der Waals surface area contributed by atoms with Crippen LogP contribution >= 0.6 is 15.9 Å². The van der Waals surface area contributed by atoms with Gasteiger partial charge in [0.15, 0.2) is 0 Å². The largest absolute Gasteiger partial charge is 0.496 e. The third-order valence-electron chi connectivity index (χ3n) is 3.14. The number of hydrogen-bond acceptors (Lipinski definition) is 3. The Morgan fingerprint density at radius 1 is 1.42 bits per heavy atom. The highest BCUT2D eigenvalue weighted by Crippen LogP contribution is 2.33. The first-order chi connectivity index (χ1) is 9.22. The Hall–Kier alpha value is -1.33. The topological polar surface area (TPSA) is 39.1 Å². The van der Waals surface area contributed by atoms with Gasteiger partial charge in [0.25, 0.3) is 0 Å². The summed E-state index contributed by atoms with van der Waals surface area (Å²) in [5, 5.41) is 7.71. The van der Waals surface area contributed by atoms with Gasteiger partial charge in [-0.15, -0.1) is 0 Å². The SMILES string of the molecule is CCn1ncc(Br)c1C(NC)c1ccccc1OC. The van der Waals surface area contributed by atoms with Crippen molar-refractivity contribution in [3.63, 3.8) is 0 Å². The number of methoxy groups -OCH3 is 1. The van der Waals surface area contributed by atoms with E-state index in [1.165, 1.54) is 0 Å². The summed E-state index contributed by atoms with van der Waals surface area (Å²) >= 11 is 3.58. The second kappa shape index (κ2) is 6.21. The van der Waals surface area contributed by atoms with E-state index >= 15 is 0 Å². The van der Waals surface area contributed by atoms with Crippen LogP contribution in [0.5, 0.6) is 5.75 Å². The van der Waals surface area contributed by atoms with E-state index in [9.17, 15) is 0 Å². The van der Waals surface area contributed by atoms with E-state index in [0.29, 0.717) is 0 Å². The molecule has 0 spiro atoms. The van der Waals surface area contributed by atoms with Crippen molar-refractivity contribution in [2.75, 3.05) is 14.2 Å². The van der Waals surface area contributed by atoms with Gasteiger partial charge < -0.3 is 10.1 Å². The number of para-hydroxylation sites is 1. The lowest BCUT2D eigenvalue weighted by atomic mass is 10.0. The van der Waals surface area contributed by atoms with E-state index in [1.807, 2.05) is 36.1 Å². The van der Waals surface area contributed by atoms with Crippen molar-refractivity contribution in [3.8, 4) is 5.75 Å². The molecule has 5 heteroatoms. The molecule has 0 fully saturated rings. The molecule has 1 atom stereocenters. The van der Waals surface area contributed by atoms with Gasteiger partial charge in [-0.2, -0.15) is 5.10 Å². The third-order valence-corrected chi connectivity index (χ3v) is 3.76.